The first-order valence-corrected chi connectivity index (χ1v) is 8.66. The van der Waals surface area contributed by atoms with Crippen LogP contribution in [0.3, 0.4) is 0 Å². The Kier molecular flexibility index (Phi) is 6.71. The second kappa shape index (κ2) is 8.77. The van der Waals surface area contributed by atoms with Crippen LogP contribution in [0.15, 0.2) is 36.4 Å². The monoisotopic (exact) mass is 361 g/mol. The minimum absolute atomic E-state index is 0.183. The molecule has 2 aromatic carbocycles. The molecule has 5 heteroatoms. The maximum Gasteiger partial charge on any atom is 0.260 e. The predicted octanol–water partition coefficient (Wildman–Crippen LogP) is 4.23. The quantitative estimate of drug-likeness (QED) is 0.751. The number of amides is 1. The average molecular weight is 362 g/mol. The van der Waals surface area contributed by atoms with E-state index in [0.717, 1.165) is 16.9 Å². The standard InChI is InChI=1S/C20H24ClNO3/c1-13-6-5-7-19(15(13)3)24-11-10-22-20(23)16(4)25-17-8-9-18(21)14(2)12-17/h5-9,12,16H,10-11H2,1-4H3,(H,22,23). The molecule has 25 heavy (non-hydrogen) atoms. The van der Waals surface area contributed by atoms with E-state index in [4.69, 9.17) is 21.1 Å². The number of halogens is 1. The minimum atomic E-state index is -0.596. The van der Waals surface area contributed by atoms with Gasteiger partial charge in [0, 0.05) is 5.02 Å². The van der Waals surface area contributed by atoms with Gasteiger partial charge in [0.1, 0.15) is 18.1 Å². The third-order valence-corrected chi connectivity index (χ3v) is 4.45. The van der Waals surface area contributed by atoms with Crippen LogP contribution in [0.4, 0.5) is 0 Å². The van der Waals surface area contributed by atoms with Crippen LogP contribution in [0.2, 0.25) is 5.02 Å². The first-order valence-electron chi connectivity index (χ1n) is 8.28. The van der Waals surface area contributed by atoms with E-state index in [0.29, 0.717) is 23.9 Å². The number of hydrogen-bond donors (Lipinski definition) is 1. The molecule has 0 aromatic heterocycles. The van der Waals surface area contributed by atoms with Gasteiger partial charge >= 0.3 is 0 Å². The van der Waals surface area contributed by atoms with Gasteiger partial charge in [-0.15, -0.1) is 0 Å². The zero-order chi connectivity index (χ0) is 18.4. The first kappa shape index (κ1) is 19.1. The molecule has 0 saturated heterocycles. The van der Waals surface area contributed by atoms with Crippen LogP contribution >= 0.6 is 11.6 Å². The summed E-state index contributed by atoms with van der Waals surface area (Å²) in [6.45, 7) is 8.49. The SMILES string of the molecule is Cc1cc(OC(C)C(=O)NCCOc2cccc(C)c2C)ccc1Cl. The molecule has 0 aliphatic rings. The summed E-state index contributed by atoms with van der Waals surface area (Å²) >= 11 is 5.99. The van der Waals surface area contributed by atoms with Crippen LogP contribution in [0.5, 0.6) is 11.5 Å². The summed E-state index contributed by atoms with van der Waals surface area (Å²) < 4.78 is 11.4. The van der Waals surface area contributed by atoms with Gasteiger partial charge in [-0.05, 0) is 68.7 Å². The Morgan fingerprint density at radius 1 is 1.16 bits per heavy atom. The van der Waals surface area contributed by atoms with Crippen LogP contribution < -0.4 is 14.8 Å². The van der Waals surface area contributed by atoms with Crippen molar-refractivity contribution in [2.24, 2.45) is 0 Å². The average Bonchev–Trinajstić information content (AvgIpc) is 2.58. The van der Waals surface area contributed by atoms with Crippen molar-refractivity contribution in [1.29, 1.82) is 0 Å². The first-order chi connectivity index (χ1) is 11.9. The topological polar surface area (TPSA) is 47.6 Å². The molecule has 0 fully saturated rings. The highest BCUT2D eigenvalue weighted by Crippen LogP contribution is 2.22. The van der Waals surface area contributed by atoms with Gasteiger partial charge in [0.15, 0.2) is 6.10 Å². The van der Waals surface area contributed by atoms with Crippen molar-refractivity contribution in [3.63, 3.8) is 0 Å². The number of ether oxygens (including phenoxy) is 2. The Morgan fingerprint density at radius 2 is 1.92 bits per heavy atom. The summed E-state index contributed by atoms with van der Waals surface area (Å²) in [5.41, 5.74) is 3.21. The lowest BCUT2D eigenvalue weighted by Crippen LogP contribution is -2.38. The second-order valence-electron chi connectivity index (χ2n) is 6.01. The van der Waals surface area contributed by atoms with Crippen molar-refractivity contribution in [1.82, 2.24) is 5.32 Å². The Hall–Kier alpha value is -2.20. The van der Waals surface area contributed by atoms with E-state index in [1.54, 1.807) is 19.1 Å². The molecule has 1 N–H and O–H groups in total. The maximum absolute atomic E-state index is 12.1. The molecular weight excluding hydrogens is 338 g/mol. The Bertz CT molecular complexity index is 746. The van der Waals surface area contributed by atoms with E-state index in [-0.39, 0.29) is 5.91 Å². The van der Waals surface area contributed by atoms with Crippen molar-refractivity contribution >= 4 is 17.5 Å². The molecule has 4 nitrogen and oxygen atoms in total. The maximum atomic E-state index is 12.1. The van der Waals surface area contributed by atoms with Crippen molar-refractivity contribution in [3.05, 3.63) is 58.1 Å². The number of aryl methyl sites for hydroxylation is 2. The number of hydrogen-bond acceptors (Lipinski definition) is 3. The Balaban J connectivity index is 1.77. The highest BCUT2D eigenvalue weighted by Gasteiger charge is 2.14. The van der Waals surface area contributed by atoms with Crippen molar-refractivity contribution < 1.29 is 14.3 Å². The fourth-order valence-corrected chi connectivity index (χ4v) is 2.43. The highest BCUT2D eigenvalue weighted by molar-refractivity contribution is 6.31. The molecule has 0 aliphatic carbocycles. The van der Waals surface area contributed by atoms with Gasteiger partial charge in [0.25, 0.3) is 5.91 Å². The lowest BCUT2D eigenvalue weighted by Gasteiger charge is -2.16. The zero-order valence-corrected chi connectivity index (χ0v) is 15.8. The van der Waals surface area contributed by atoms with Crippen LogP contribution in [0.25, 0.3) is 0 Å². The van der Waals surface area contributed by atoms with E-state index >= 15 is 0 Å². The number of benzene rings is 2. The highest BCUT2D eigenvalue weighted by atomic mass is 35.5. The summed E-state index contributed by atoms with van der Waals surface area (Å²) in [7, 11) is 0. The molecule has 1 unspecified atom stereocenters. The van der Waals surface area contributed by atoms with E-state index < -0.39 is 6.10 Å². The molecule has 0 radical (unpaired) electrons. The van der Waals surface area contributed by atoms with Gasteiger partial charge < -0.3 is 14.8 Å². The van der Waals surface area contributed by atoms with Gasteiger partial charge in [-0.3, -0.25) is 4.79 Å². The number of rotatable bonds is 7. The summed E-state index contributed by atoms with van der Waals surface area (Å²) in [5.74, 6) is 1.28. The number of nitrogens with one attached hydrogen (secondary N) is 1. The third kappa shape index (κ3) is 5.40. The number of carbonyl (C=O) groups excluding carboxylic acids is 1. The van der Waals surface area contributed by atoms with Gasteiger partial charge in [0.05, 0.1) is 6.54 Å². The smallest absolute Gasteiger partial charge is 0.260 e. The summed E-state index contributed by atoms with van der Waals surface area (Å²) in [6, 6.07) is 11.3. The van der Waals surface area contributed by atoms with Crippen LogP contribution in [0.1, 0.15) is 23.6 Å². The third-order valence-electron chi connectivity index (χ3n) is 4.03. The fraction of sp³-hybridized carbons (Fsp3) is 0.350. The largest absolute Gasteiger partial charge is 0.491 e. The van der Waals surface area contributed by atoms with Crippen LogP contribution in [0, 0.1) is 20.8 Å². The molecule has 1 amide bonds. The summed E-state index contributed by atoms with van der Waals surface area (Å²) in [5, 5.41) is 3.49. The molecule has 2 aromatic rings. The molecule has 0 aliphatic heterocycles. The molecule has 0 heterocycles. The molecule has 0 saturated carbocycles. The van der Waals surface area contributed by atoms with E-state index in [9.17, 15) is 4.79 Å². The lowest BCUT2D eigenvalue weighted by molar-refractivity contribution is -0.127. The molecule has 2 rings (SSSR count). The molecule has 0 bridgehead atoms. The predicted molar refractivity (Wildman–Crippen MR) is 101 cm³/mol. The van der Waals surface area contributed by atoms with Crippen LogP contribution in [-0.2, 0) is 4.79 Å². The van der Waals surface area contributed by atoms with Gasteiger partial charge in [-0.2, -0.15) is 0 Å². The summed E-state index contributed by atoms with van der Waals surface area (Å²) in [4.78, 5) is 12.1. The zero-order valence-electron chi connectivity index (χ0n) is 15.1. The second-order valence-corrected chi connectivity index (χ2v) is 6.42. The summed E-state index contributed by atoms with van der Waals surface area (Å²) in [6.07, 6.45) is -0.596. The molecule has 134 valence electrons. The number of carbonyl (C=O) groups is 1. The normalized spacial score (nSPS) is 11.7. The van der Waals surface area contributed by atoms with E-state index in [2.05, 4.69) is 5.32 Å². The van der Waals surface area contributed by atoms with Gasteiger partial charge in [-0.1, -0.05) is 23.7 Å². The van der Waals surface area contributed by atoms with Crippen molar-refractivity contribution in [2.75, 3.05) is 13.2 Å². The molecule has 0 spiro atoms. The van der Waals surface area contributed by atoms with E-state index in [1.165, 1.54) is 5.56 Å². The van der Waals surface area contributed by atoms with Crippen molar-refractivity contribution in [2.45, 2.75) is 33.8 Å². The lowest BCUT2D eigenvalue weighted by atomic mass is 10.1. The van der Waals surface area contributed by atoms with Gasteiger partial charge in [0.2, 0.25) is 0 Å². The van der Waals surface area contributed by atoms with Crippen molar-refractivity contribution in [3.8, 4) is 11.5 Å². The fourth-order valence-electron chi connectivity index (χ4n) is 2.31. The Morgan fingerprint density at radius 3 is 2.64 bits per heavy atom. The molecule has 1 atom stereocenters. The minimum Gasteiger partial charge on any atom is -0.491 e. The molecular formula is C20H24ClNO3. The van der Waals surface area contributed by atoms with Gasteiger partial charge in [-0.25, -0.2) is 0 Å². The van der Waals surface area contributed by atoms with E-state index in [1.807, 2.05) is 45.0 Å². The Labute approximate surface area is 154 Å². The van der Waals surface area contributed by atoms with Crippen LogP contribution in [-0.4, -0.2) is 25.2 Å².